The summed E-state index contributed by atoms with van der Waals surface area (Å²) >= 11 is 0. The number of carboxylic acid groups (broad SMARTS) is 1. The zero-order valence-electron chi connectivity index (χ0n) is 12.5. The number of anilines is 1. The second-order valence-electron chi connectivity index (χ2n) is 5.00. The molecule has 0 aliphatic rings. The standard InChI is InChI=1S/C15H16FN3O3/c1-8-11(9(2)19(3)18-8)7-14(20)17-13-5-4-10(15(21)22)6-12(13)16/h4-6H,7H2,1-3H3,(H,17,20)(H,21,22). The molecule has 0 radical (unpaired) electrons. The highest BCUT2D eigenvalue weighted by atomic mass is 19.1. The minimum Gasteiger partial charge on any atom is -0.478 e. The van der Waals surface area contributed by atoms with Gasteiger partial charge in [-0.1, -0.05) is 0 Å². The molecule has 2 rings (SSSR count). The molecule has 6 nitrogen and oxygen atoms in total. The van der Waals surface area contributed by atoms with Crippen molar-refractivity contribution in [2.24, 2.45) is 7.05 Å². The topological polar surface area (TPSA) is 84.2 Å². The van der Waals surface area contributed by atoms with Crippen LogP contribution in [0.1, 0.15) is 27.3 Å². The van der Waals surface area contributed by atoms with Crippen LogP contribution in [-0.4, -0.2) is 26.8 Å². The van der Waals surface area contributed by atoms with Gasteiger partial charge in [0.15, 0.2) is 0 Å². The summed E-state index contributed by atoms with van der Waals surface area (Å²) in [6.45, 7) is 3.66. The fourth-order valence-electron chi connectivity index (χ4n) is 2.18. The summed E-state index contributed by atoms with van der Waals surface area (Å²) in [5, 5.41) is 15.4. The lowest BCUT2D eigenvalue weighted by Gasteiger charge is -2.07. The predicted octanol–water partition coefficient (Wildman–Crippen LogP) is 2.06. The summed E-state index contributed by atoms with van der Waals surface area (Å²) in [5.41, 5.74) is 2.19. The molecule has 2 N–H and O–H groups in total. The lowest BCUT2D eigenvalue weighted by molar-refractivity contribution is -0.115. The minimum absolute atomic E-state index is 0.0470. The predicted molar refractivity (Wildman–Crippen MR) is 78.4 cm³/mol. The summed E-state index contributed by atoms with van der Waals surface area (Å²) in [7, 11) is 1.79. The molecule has 1 aromatic carbocycles. The van der Waals surface area contributed by atoms with Crippen molar-refractivity contribution >= 4 is 17.6 Å². The number of nitrogens with one attached hydrogen (secondary N) is 1. The van der Waals surface area contributed by atoms with Crippen molar-refractivity contribution in [1.82, 2.24) is 9.78 Å². The number of carbonyl (C=O) groups is 2. The maximum absolute atomic E-state index is 13.8. The van der Waals surface area contributed by atoms with Crippen LogP contribution in [0, 0.1) is 19.7 Å². The van der Waals surface area contributed by atoms with Crippen molar-refractivity contribution in [3.05, 3.63) is 46.5 Å². The Bertz CT molecular complexity index is 753. The number of aromatic carboxylic acids is 1. The first-order valence-corrected chi connectivity index (χ1v) is 6.61. The number of amides is 1. The molecule has 1 amide bonds. The number of benzene rings is 1. The smallest absolute Gasteiger partial charge is 0.335 e. The zero-order valence-corrected chi connectivity index (χ0v) is 12.5. The van der Waals surface area contributed by atoms with Crippen molar-refractivity contribution in [3.63, 3.8) is 0 Å². The van der Waals surface area contributed by atoms with Crippen LogP contribution >= 0.6 is 0 Å². The Morgan fingerprint density at radius 2 is 2.05 bits per heavy atom. The number of carbonyl (C=O) groups excluding carboxylic acids is 1. The highest BCUT2D eigenvalue weighted by molar-refractivity contribution is 5.94. The monoisotopic (exact) mass is 305 g/mol. The van der Waals surface area contributed by atoms with Crippen molar-refractivity contribution in [2.45, 2.75) is 20.3 Å². The average molecular weight is 305 g/mol. The first-order valence-electron chi connectivity index (χ1n) is 6.61. The van der Waals surface area contributed by atoms with E-state index in [-0.39, 0.29) is 23.6 Å². The van der Waals surface area contributed by atoms with Crippen LogP contribution in [-0.2, 0) is 18.3 Å². The summed E-state index contributed by atoms with van der Waals surface area (Å²) in [6.07, 6.45) is 0.0750. The van der Waals surface area contributed by atoms with Crippen molar-refractivity contribution in [1.29, 1.82) is 0 Å². The molecule has 0 fully saturated rings. The van der Waals surface area contributed by atoms with E-state index in [1.165, 1.54) is 12.1 Å². The van der Waals surface area contributed by atoms with E-state index in [9.17, 15) is 14.0 Å². The lowest BCUT2D eigenvalue weighted by atomic mass is 10.1. The van der Waals surface area contributed by atoms with Gasteiger partial charge in [0.1, 0.15) is 5.82 Å². The molecule has 0 saturated heterocycles. The quantitative estimate of drug-likeness (QED) is 0.905. The number of nitrogens with zero attached hydrogens (tertiary/aromatic N) is 2. The molecule has 0 aliphatic carbocycles. The van der Waals surface area contributed by atoms with E-state index in [1.54, 1.807) is 18.7 Å². The normalized spacial score (nSPS) is 10.5. The van der Waals surface area contributed by atoms with E-state index in [4.69, 9.17) is 5.11 Å². The maximum atomic E-state index is 13.8. The molecule has 2 aromatic rings. The molecule has 116 valence electrons. The molecule has 7 heteroatoms. The van der Waals surface area contributed by atoms with E-state index in [2.05, 4.69) is 10.4 Å². The van der Waals surface area contributed by atoms with Gasteiger partial charge in [0.2, 0.25) is 5.91 Å². The van der Waals surface area contributed by atoms with Crippen LogP contribution in [0.25, 0.3) is 0 Å². The molecule has 0 saturated carbocycles. The van der Waals surface area contributed by atoms with Crippen molar-refractivity contribution in [3.8, 4) is 0 Å². The number of carboxylic acids is 1. The van der Waals surface area contributed by atoms with Crippen LogP contribution in [0.2, 0.25) is 0 Å². The van der Waals surface area contributed by atoms with Crippen LogP contribution in [0.5, 0.6) is 0 Å². The SMILES string of the molecule is Cc1nn(C)c(C)c1CC(=O)Nc1ccc(C(=O)O)cc1F. The van der Waals surface area contributed by atoms with Crippen LogP contribution < -0.4 is 5.32 Å². The van der Waals surface area contributed by atoms with Gasteiger partial charge in [-0.15, -0.1) is 0 Å². The summed E-state index contributed by atoms with van der Waals surface area (Å²) in [6, 6.07) is 3.35. The van der Waals surface area contributed by atoms with E-state index in [0.717, 1.165) is 23.0 Å². The van der Waals surface area contributed by atoms with E-state index in [0.29, 0.717) is 0 Å². The van der Waals surface area contributed by atoms with Crippen LogP contribution in [0.3, 0.4) is 0 Å². The van der Waals surface area contributed by atoms with Gasteiger partial charge in [0, 0.05) is 18.3 Å². The maximum Gasteiger partial charge on any atom is 0.335 e. The van der Waals surface area contributed by atoms with Gasteiger partial charge < -0.3 is 10.4 Å². The molecular formula is C15H16FN3O3. The average Bonchev–Trinajstić information content (AvgIpc) is 2.67. The van der Waals surface area contributed by atoms with Crippen molar-refractivity contribution < 1.29 is 19.1 Å². The van der Waals surface area contributed by atoms with Gasteiger partial charge in [-0.2, -0.15) is 5.10 Å². The Hall–Kier alpha value is -2.70. The molecule has 0 aliphatic heterocycles. The Balaban J connectivity index is 2.14. The molecule has 0 unspecified atom stereocenters. The van der Waals surface area contributed by atoms with Gasteiger partial charge in [0.25, 0.3) is 0 Å². The first kappa shape index (κ1) is 15.7. The van der Waals surface area contributed by atoms with Gasteiger partial charge in [-0.3, -0.25) is 9.48 Å². The molecular weight excluding hydrogens is 289 g/mol. The number of aromatic nitrogens is 2. The molecule has 0 spiro atoms. The third kappa shape index (κ3) is 3.13. The van der Waals surface area contributed by atoms with Gasteiger partial charge in [-0.25, -0.2) is 9.18 Å². The second kappa shape index (κ2) is 5.97. The van der Waals surface area contributed by atoms with E-state index in [1.807, 2.05) is 6.92 Å². The fraction of sp³-hybridized carbons (Fsp3) is 0.267. The van der Waals surface area contributed by atoms with E-state index < -0.39 is 11.8 Å². The molecule has 0 atom stereocenters. The van der Waals surface area contributed by atoms with Gasteiger partial charge in [-0.05, 0) is 32.0 Å². The minimum atomic E-state index is -1.22. The summed E-state index contributed by atoms with van der Waals surface area (Å²) < 4.78 is 15.5. The molecule has 1 aromatic heterocycles. The summed E-state index contributed by atoms with van der Waals surface area (Å²) in [4.78, 5) is 22.8. The first-order chi connectivity index (χ1) is 10.3. The highest BCUT2D eigenvalue weighted by Gasteiger charge is 2.15. The van der Waals surface area contributed by atoms with Crippen LogP contribution in [0.4, 0.5) is 10.1 Å². The fourth-order valence-corrected chi connectivity index (χ4v) is 2.18. The Kier molecular flexibility index (Phi) is 4.25. The highest BCUT2D eigenvalue weighted by Crippen LogP contribution is 2.18. The molecule has 22 heavy (non-hydrogen) atoms. The molecule has 0 bridgehead atoms. The number of hydrogen-bond acceptors (Lipinski definition) is 3. The second-order valence-corrected chi connectivity index (χ2v) is 5.00. The molecule has 1 heterocycles. The third-order valence-electron chi connectivity index (χ3n) is 3.49. The van der Waals surface area contributed by atoms with Gasteiger partial charge >= 0.3 is 5.97 Å². The number of rotatable bonds is 4. The number of hydrogen-bond donors (Lipinski definition) is 2. The number of aryl methyl sites for hydroxylation is 2. The Morgan fingerprint density at radius 3 is 2.55 bits per heavy atom. The lowest BCUT2D eigenvalue weighted by Crippen LogP contribution is -2.16. The Morgan fingerprint density at radius 1 is 1.36 bits per heavy atom. The summed E-state index contributed by atoms with van der Waals surface area (Å²) in [5.74, 6) is -2.40. The number of halogens is 1. The Labute approximate surface area is 126 Å². The van der Waals surface area contributed by atoms with E-state index >= 15 is 0 Å². The van der Waals surface area contributed by atoms with Crippen molar-refractivity contribution in [2.75, 3.05) is 5.32 Å². The zero-order chi connectivity index (χ0) is 16.4. The van der Waals surface area contributed by atoms with Crippen LogP contribution in [0.15, 0.2) is 18.2 Å². The van der Waals surface area contributed by atoms with Gasteiger partial charge in [0.05, 0.1) is 23.4 Å². The largest absolute Gasteiger partial charge is 0.478 e. The third-order valence-corrected chi connectivity index (χ3v) is 3.49.